The van der Waals surface area contributed by atoms with Crippen molar-refractivity contribution in [2.24, 2.45) is 0 Å². The van der Waals surface area contributed by atoms with Gasteiger partial charge < -0.3 is 10.6 Å². The van der Waals surface area contributed by atoms with Crippen molar-refractivity contribution in [2.45, 2.75) is 0 Å². The maximum Gasteiger partial charge on any atom is 0.232 e. The van der Waals surface area contributed by atoms with Crippen LogP contribution in [0.2, 0.25) is 0 Å². The topological polar surface area (TPSA) is 88.5 Å². The van der Waals surface area contributed by atoms with Gasteiger partial charge in [-0.15, -0.1) is 0 Å². The van der Waals surface area contributed by atoms with Gasteiger partial charge in [-0.3, -0.25) is 9.97 Å². The fourth-order valence-electron chi connectivity index (χ4n) is 1.55. The highest BCUT2D eigenvalue weighted by Crippen LogP contribution is 2.14. The van der Waals surface area contributed by atoms with E-state index in [-0.39, 0.29) is 0 Å². The van der Waals surface area contributed by atoms with Crippen molar-refractivity contribution in [1.29, 1.82) is 0 Å². The molecule has 0 amide bonds. The third-order valence-electron chi connectivity index (χ3n) is 2.44. The summed E-state index contributed by atoms with van der Waals surface area (Å²) < 4.78 is 0. The molecule has 0 atom stereocenters. The molecule has 0 saturated carbocycles. The Labute approximate surface area is 115 Å². The van der Waals surface area contributed by atoms with E-state index in [1.807, 2.05) is 24.3 Å². The summed E-state index contributed by atoms with van der Waals surface area (Å²) in [5.41, 5.74) is 1.72. The normalized spacial score (nSPS) is 10.0. The molecule has 7 nitrogen and oxygen atoms in total. The average molecular weight is 265 g/mol. The van der Waals surface area contributed by atoms with Gasteiger partial charge in [-0.1, -0.05) is 0 Å². The predicted molar refractivity (Wildman–Crippen MR) is 74.9 cm³/mol. The molecule has 3 rings (SSSR count). The fourth-order valence-corrected chi connectivity index (χ4v) is 1.55. The van der Waals surface area contributed by atoms with E-state index in [1.165, 1.54) is 6.33 Å². The first-order chi connectivity index (χ1) is 9.90. The zero-order valence-electron chi connectivity index (χ0n) is 10.4. The monoisotopic (exact) mass is 265 g/mol. The van der Waals surface area contributed by atoms with Gasteiger partial charge in [0.25, 0.3) is 0 Å². The van der Waals surface area contributed by atoms with E-state index in [0.29, 0.717) is 11.9 Å². The molecule has 0 unspecified atom stereocenters. The molecule has 0 aliphatic heterocycles. The minimum Gasteiger partial charge on any atom is -0.324 e. The summed E-state index contributed by atoms with van der Waals surface area (Å²) in [4.78, 5) is 20.3. The molecule has 0 aliphatic carbocycles. The molecule has 0 spiro atoms. The van der Waals surface area contributed by atoms with Crippen molar-refractivity contribution in [3.8, 4) is 0 Å². The van der Waals surface area contributed by atoms with Gasteiger partial charge >= 0.3 is 0 Å². The lowest BCUT2D eigenvalue weighted by Crippen LogP contribution is -2.02. The Morgan fingerprint density at radius 1 is 0.650 bits per heavy atom. The lowest BCUT2D eigenvalue weighted by atomic mass is 10.4. The van der Waals surface area contributed by atoms with Crippen LogP contribution in [-0.2, 0) is 0 Å². The summed E-state index contributed by atoms with van der Waals surface area (Å²) in [5.74, 6) is 0.922. The van der Waals surface area contributed by atoms with E-state index >= 15 is 0 Å². The highest BCUT2D eigenvalue weighted by atomic mass is 15.2. The summed E-state index contributed by atoms with van der Waals surface area (Å²) in [7, 11) is 0. The molecular formula is C13H11N7. The van der Waals surface area contributed by atoms with Crippen molar-refractivity contribution in [1.82, 2.24) is 24.9 Å². The van der Waals surface area contributed by atoms with Crippen LogP contribution in [0.25, 0.3) is 0 Å². The lowest BCUT2D eigenvalue weighted by Gasteiger charge is -2.06. The van der Waals surface area contributed by atoms with E-state index in [0.717, 1.165) is 11.4 Å². The maximum absolute atomic E-state index is 4.28. The van der Waals surface area contributed by atoms with Crippen LogP contribution in [0, 0.1) is 0 Å². The van der Waals surface area contributed by atoms with E-state index in [4.69, 9.17) is 0 Å². The third kappa shape index (κ3) is 3.02. The zero-order valence-corrected chi connectivity index (χ0v) is 10.4. The Bertz CT molecular complexity index is 616. The summed E-state index contributed by atoms with van der Waals surface area (Å²) in [5, 5.41) is 6.15. The molecule has 98 valence electrons. The smallest absolute Gasteiger partial charge is 0.232 e. The molecule has 0 fully saturated rings. The molecule has 2 N–H and O–H groups in total. The number of nitrogens with one attached hydrogen (secondary N) is 2. The SMILES string of the molecule is c1cc(Nc2ncnc(Nc3ccncc3)n2)ccn1. The van der Waals surface area contributed by atoms with Gasteiger partial charge in [-0.25, -0.2) is 9.97 Å². The quantitative estimate of drug-likeness (QED) is 0.747. The number of hydrogen-bond donors (Lipinski definition) is 2. The van der Waals surface area contributed by atoms with Gasteiger partial charge in [0.1, 0.15) is 6.33 Å². The molecule has 3 aromatic heterocycles. The minimum atomic E-state index is 0.461. The van der Waals surface area contributed by atoms with Gasteiger partial charge in [-0.05, 0) is 24.3 Å². The standard InChI is InChI=1S/C13H11N7/c1-5-14-6-2-10(1)18-12-16-9-17-13(20-12)19-11-3-7-15-8-4-11/h1-9H,(H2,14,15,16,17,18,19,20). The summed E-state index contributed by atoms with van der Waals surface area (Å²) in [6, 6.07) is 7.33. The van der Waals surface area contributed by atoms with Crippen LogP contribution in [-0.4, -0.2) is 24.9 Å². The second-order valence-electron chi connectivity index (χ2n) is 3.85. The molecule has 0 radical (unpaired) electrons. The maximum atomic E-state index is 4.28. The number of anilines is 4. The number of rotatable bonds is 4. The van der Waals surface area contributed by atoms with Gasteiger partial charge in [0.15, 0.2) is 0 Å². The second-order valence-corrected chi connectivity index (χ2v) is 3.85. The molecule has 20 heavy (non-hydrogen) atoms. The largest absolute Gasteiger partial charge is 0.324 e. The number of nitrogens with zero attached hydrogens (tertiary/aromatic N) is 5. The Morgan fingerprint density at radius 3 is 1.55 bits per heavy atom. The van der Waals surface area contributed by atoms with Crippen molar-refractivity contribution in [3.05, 3.63) is 55.4 Å². The minimum absolute atomic E-state index is 0.461. The number of aromatic nitrogens is 5. The second kappa shape index (κ2) is 5.70. The molecular weight excluding hydrogens is 254 g/mol. The van der Waals surface area contributed by atoms with E-state index in [1.54, 1.807) is 24.8 Å². The molecule has 7 heteroatoms. The highest BCUT2D eigenvalue weighted by Gasteiger charge is 2.01. The van der Waals surface area contributed by atoms with Gasteiger partial charge in [0.05, 0.1) is 0 Å². The zero-order chi connectivity index (χ0) is 13.6. The fraction of sp³-hybridized carbons (Fsp3) is 0. The summed E-state index contributed by atoms with van der Waals surface area (Å²) in [6.07, 6.45) is 8.22. The van der Waals surface area contributed by atoms with E-state index < -0.39 is 0 Å². The third-order valence-corrected chi connectivity index (χ3v) is 2.44. The van der Waals surface area contributed by atoms with Crippen LogP contribution in [0.3, 0.4) is 0 Å². The summed E-state index contributed by atoms with van der Waals surface area (Å²) in [6.45, 7) is 0. The Kier molecular flexibility index (Phi) is 3.41. The molecule has 3 heterocycles. The molecule has 0 aromatic carbocycles. The Balaban J connectivity index is 1.76. The highest BCUT2D eigenvalue weighted by molar-refractivity contribution is 5.55. The van der Waals surface area contributed by atoms with Crippen LogP contribution in [0.5, 0.6) is 0 Å². The lowest BCUT2D eigenvalue weighted by molar-refractivity contribution is 1.06. The van der Waals surface area contributed by atoms with Crippen molar-refractivity contribution >= 4 is 23.3 Å². The first kappa shape index (κ1) is 12.0. The summed E-state index contributed by atoms with van der Waals surface area (Å²) >= 11 is 0. The molecule has 3 aromatic rings. The Hall–Kier alpha value is -3.09. The predicted octanol–water partition coefficient (Wildman–Crippen LogP) is 2.15. The van der Waals surface area contributed by atoms with Crippen LogP contribution >= 0.6 is 0 Å². The first-order valence-electron chi connectivity index (χ1n) is 5.93. The molecule has 0 aliphatic rings. The van der Waals surface area contributed by atoms with E-state index in [2.05, 4.69) is 35.6 Å². The van der Waals surface area contributed by atoms with Crippen LogP contribution in [0.15, 0.2) is 55.4 Å². The number of pyridine rings is 2. The van der Waals surface area contributed by atoms with Gasteiger partial charge in [0.2, 0.25) is 11.9 Å². The van der Waals surface area contributed by atoms with Crippen LogP contribution in [0.1, 0.15) is 0 Å². The first-order valence-corrected chi connectivity index (χ1v) is 5.93. The Morgan fingerprint density at radius 2 is 1.10 bits per heavy atom. The van der Waals surface area contributed by atoms with Crippen LogP contribution in [0.4, 0.5) is 23.3 Å². The van der Waals surface area contributed by atoms with Crippen LogP contribution < -0.4 is 10.6 Å². The van der Waals surface area contributed by atoms with Crippen molar-refractivity contribution < 1.29 is 0 Å². The average Bonchev–Trinajstić information content (AvgIpc) is 2.50. The van der Waals surface area contributed by atoms with Crippen molar-refractivity contribution in [3.63, 3.8) is 0 Å². The van der Waals surface area contributed by atoms with E-state index in [9.17, 15) is 0 Å². The van der Waals surface area contributed by atoms with Gasteiger partial charge in [0, 0.05) is 36.2 Å². The van der Waals surface area contributed by atoms with Crippen molar-refractivity contribution in [2.75, 3.05) is 10.6 Å². The molecule has 0 bridgehead atoms. The molecule has 0 saturated heterocycles. The number of hydrogen-bond acceptors (Lipinski definition) is 7. The van der Waals surface area contributed by atoms with Gasteiger partial charge in [-0.2, -0.15) is 4.98 Å².